The number of amides is 2. The van der Waals surface area contributed by atoms with E-state index >= 15 is 0 Å². The van der Waals surface area contributed by atoms with Crippen molar-refractivity contribution in [1.29, 1.82) is 5.26 Å². The van der Waals surface area contributed by atoms with Crippen molar-refractivity contribution >= 4 is 17.5 Å². The predicted molar refractivity (Wildman–Crippen MR) is 99.8 cm³/mol. The number of carbonyl (C=O) groups is 2. The monoisotopic (exact) mass is 350 g/mol. The first-order chi connectivity index (χ1) is 12.6. The van der Waals surface area contributed by atoms with Gasteiger partial charge in [-0.3, -0.25) is 9.59 Å². The molecule has 2 amide bonds. The van der Waals surface area contributed by atoms with Crippen molar-refractivity contribution in [3.63, 3.8) is 0 Å². The Morgan fingerprint density at radius 1 is 1.04 bits per heavy atom. The molecule has 1 N–H and O–H groups in total. The SMILES string of the molecule is CCCN(CCC)C(=O)c1cccc(C(=O)Nc2ccccc2C#N)n1. The molecule has 2 aromatic rings. The fourth-order valence-electron chi connectivity index (χ4n) is 2.57. The van der Waals surface area contributed by atoms with E-state index < -0.39 is 5.91 Å². The number of nitrogens with one attached hydrogen (secondary N) is 1. The summed E-state index contributed by atoms with van der Waals surface area (Å²) in [6, 6.07) is 13.6. The van der Waals surface area contributed by atoms with Crippen molar-refractivity contribution in [2.45, 2.75) is 26.7 Å². The minimum Gasteiger partial charge on any atom is -0.337 e. The van der Waals surface area contributed by atoms with Crippen molar-refractivity contribution in [2.75, 3.05) is 18.4 Å². The average molecular weight is 350 g/mol. The molecule has 6 heteroatoms. The second kappa shape index (κ2) is 9.33. The summed E-state index contributed by atoms with van der Waals surface area (Å²) in [5.41, 5.74) is 1.16. The quantitative estimate of drug-likeness (QED) is 0.828. The second-order valence-corrected chi connectivity index (χ2v) is 5.81. The van der Waals surface area contributed by atoms with Crippen LogP contribution in [0.3, 0.4) is 0 Å². The normalized spacial score (nSPS) is 10.0. The summed E-state index contributed by atoms with van der Waals surface area (Å²) in [7, 11) is 0. The molecular weight excluding hydrogens is 328 g/mol. The highest BCUT2D eigenvalue weighted by atomic mass is 16.2. The predicted octanol–water partition coefficient (Wildman–Crippen LogP) is 3.47. The summed E-state index contributed by atoms with van der Waals surface area (Å²) in [6.07, 6.45) is 1.72. The number of hydrogen-bond donors (Lipinski definition) is 1. The summed E-state index contributed by atoms with van der Waals surface area (Å²) >= 11 is 0. The van der Waals surface area contributed by atoms with Crippen molar-refractivity contribution < 1.29 is 9.59 Å². The lowest BCUT2D eigenvalue weighted by molar-refractivity contribution is 0.0749. The van der Waals surface area contributed by atoms with E-state index in [-0.39, 0.29) is 17.3 Å². The third-order valence-electron chi connectivity index (χ3n) is 3.77. The van der Waals surface area contributed by atoms with Gasteiger partial charge in [0.25, 0.3) is 11.8 Å². The maximum atomic E-state index is 12.6. The smallest absolute Gasteiger partial charge is 0.274 e. The molecule has 0 fully saturated rings. The number of para-hydroxylation sites is 1. The van der Waals surface area contributed by atoms with Gasteiger partial charge < -0.3 is 10.2 Å². The minimum absolute atomic E-state index is 0.136. The van der Waals surface area contributed by atoms with Gasteiger partial charge in [-0.25, -0.2) is 4.98 Å². The zero-order chi connectivity index (χ0) is 18.9. The molecule has 0 saturated heterocycles. The number of pyridine rings is 1. The summed E-state index contributed by atoms with van der Waals surface area (Å²) in [6.45, 7) is 5.33. The molecule has 0 bridgehead atoms. The van der Waals surface area contributed by atoms with Crippen LogP contribution in [0.25, 0.3) is 0 Å². The zero-order valence-corrected chi connectivity index (χ0v) is 15.0. The van der Waals surface area contributed by atoms with Gasteiger partial charge in [0.2, 0.25) is 0 Å². The van der Waals surface area contributed by atoms with Gasteiger partial charge in [0.1, 0.15) is 17.5 Å². The van der Waals surface area contributed by atoms with E-state index in [1.165, 1.54) is 0 Å². The molecule has 0 atom stereocenters. The van der Waals surface area contributed by atoms with Crippen LogP contribution in [0.4, 0.5) is 5.69 Å². The molecule has 0 aliphatic rings. The first-order valence-electron chi connectivity index (χ1n) is 8.67. The van der Waals surface area contributed by atoms with Gasteiger partial charge >= 0.3 is 0 Å². The number of rotatable bonds is 7. The van der Waals surface area contributed by atoms with Gasteiger partial charge in [0.05, 0.1) is 11.3 Å². The van der Waals surface area contributed by atoms with Crippen LogP contribution in [-0.2, 0) is 0 Å². The Morgan fingerprint density at radius 2 is 1.69 bits per heavy atom. The van der Waals surface area contributed by atoms with Crippen LogP contribution >= 0.6 is 0 Å². The van der Waals surface area contributed by atoms with Crippen LogP contribution in [0.1, 0.15) is 53.2 Å². The van der Waals surface area contributed by atoms with Crippen LogP contribution in [0.15, 0.2) is 42.5 Å². The van der Waals surface area contributed by atoms with E-state index in [0.717, 1.165) is 12.8 Å². The Bertz CT molecular complexity index is 821. The molecule has 0 saturated carbocycles. The largest absolute Gasteiger partial charge is 0.337 e. The lowest BCUT2D eigenvalue weighted by Gasteiger charge is -2.21. The molecule has 0 aliphatic heterocycles. The standard InChI is InChI=1S/C20H22N4O2/c1-3-12-24(13-4-2)20(26)18-11-7-10-17(22-18)19(25)23-16-9-6-5-8-15(16)14-21/h5-11H,3-4,12-13H2,1-2H3,(H,23,25). The fourth-order valence-corrected chi connectivity index (χ4v) is 2.57. The van der Waals surface area contributed by atoms with Gasteiger partial charge in [0, 0.05) is 13.1 Å². The topological polar surface area (TPSA) is 86.1 Å². The van der Waals surface area contributed by atoms with E-state index in [2.05, 4.69) is 10.3 Å². The number of anilines is 1. The van der Waals surface area contributed by atoms with Crippen LogP contribution in [0.5, 0.6) is 0 Å². The highest BCUT2D eigenvalue weighted by molar-refractivity contribution is 6.04. The molecule has 26 heavy (non-hydrogen) atoms. The van der Waals surface area contributed by atoms with Crippen molar-refractivity contribution in [3.8, 4) is 6.07 Å². The van der Waals surface area contributed by atoms with Crippen molar-refractivity contribution in [2.24, 2.45) is 0 Å². The number of carbonyl (C=O) groups excluding carboxylic acids is 2. The molecule has 0 spiro atoms. The highest BCUT2D eigenvalue weighted by Crippen LogP contribution is 2.15. The number of benzene rings is 1. The second-order valence-electron chi connectivity index (χ2n) is 5.81. The molecule has 2 rings (SSSR count). The lowest BCUT2D eigenvalue weighted by Crippen LogP contribution is -2.33. The van der Waals surface area contributed by atoms with Crippen molar-refractivity contribution in [3.05, 3.63) is 59.4 Å². The first-order valence-corrected chi connectivity index (χ1v) is 8.67. The van der Waals surface area contributed by atoms with Gasteiger partial charge in [-0.15, -0.1) is 0 Å². The molecule has 1 aromatic carbocycles. The molecule has 0 aliphatic carbocycles. The maximum absolute atomic E-state index is 12.6. The Hall–Kier alpha value is -3.20. The van der Waals surface area contributed by atoms with E-state index in [4.69, 9.17) is 5.26 Å². The molecule has 0 unspecified atom stereocenters. The Morgan fingerprint density at radius 3 is 2.35 bits per heavy atom. The fraction of sp³-hybridized carbons (Fsp3) is 0.300. The Kier molecular flexibility index (Phi) is 6.86. The van der Waals surface area contributed by atoms with Crippen LogP contribution in [-0.4, -0.2) is 34.8 Å². The van der Waals surface area contributed by atoms with Gasteiger partial charge in [-0.1, -0.05) is 32.0 Å². The number of aromatic nitrogens is 1. The summed E-state index contributed by atoms with van der Waals surface area (Å²) in [5, 5.41) is 11.8. The van der Waals surface area contributed by atoms with E-state index in [1.807, 2.05) is 19.9 Å². The summed E-state index contributed by atoms with van der Waals surface area (Å²) in [4.78, 5) is 31.1. The molecule has 0 radical (unpaired) electrons. The highest BCUT2D eigenvalue weighted by Gasteiger charge is 2.18. The Balaban J connectivity index is 2.21. The summed E-state index contributed by atoms with van der Waals surface area (Å²) < 4.78 is 0. The Labute approximate surface area is 153 Å². The molecule has 1 heterocycles. The average Bonchev–Trinajstić information content (AvgIpc) is 2.67. The zero-order valence-electron chi connectivity index (χ0n) is 15.0. The number of hydrogen-bond acceptors (Lipinski definition) is 4. The van der Waals surface area contributed by atoms with Gasteiger partial charge in [-0.2, -0.15) is 5.26 Å². The number of nitriles is 1. The molecule has 1 aromatic heterocycles. The van der Waals surface area contributed by atoms with E-state index in [0.29, 0.717) is 24.3 Å². The molecule has 134 valence electrons. The van der Waals surface area contributed by atoms with Crippen LogP contribution in [0, 0.1) is 11.3 Å². The number of nitrogens with zero attached hydrogens (tertiary/aromatic N) is 3. The molecular formula is C20H22N4O2. The van der Waals surface area contributed by atoms with Crippen LogP contribution in [0.2, 0.25) is 0 Å². The third-order valence-corrected chi connectivity index (χ3v) is 3.77. The van der Waals surface area contributed by atoms with Crippen molar-refractivity contribution in [1.82, 2.24) is 9.88 Å². The summed E-state index contributed by atoms with van der Waals surface area (Å²) in [5.74, 6) is -0.638. The van der Waals surface area contributed by atoms with Gasteiger partial charge in [-0.05, 0) is 37.1 Å². The maximum Gasteiger partial charge on any atom is 0.274 e. The van der Waals surface area contributed by atoms with Crippen LogP contribution < -0.4 is 5.32 Å². The van der Waals surface area contributed by atoms with E-state index in [1.54, 1.807) is 47.4 Å². The third kappa shape index (κ3) is 4.67. The minimum atomic E-state index is -0.458. The first kappa shape index (κ1) is 19.1. The lowest BCUT2D eigenvalue weighted by atomic mass is 10.2. The molecule has 6 nitrogen and oxygen atoms in total. The van der Waals surface area contributed by atoms with E-state index in [9.17, 15) is 9.59 Å². The van der Waals surface area contributed by atoms with Gasteiger partial charge in [0.15, 0.2) is 0 Å².